The van der Waals surface area contributed by atoms with Crippen LogP contribution in [0.1, 0.15) is 32.6 Å². The number of fused-ring (bicyclic) bond motifs is 1. The van der Waals surface area contributed by atoms with E-state index in [0.29, 0.717) is 6.04 Å². The fourth-order valence-electron chi connectivity index (χ4n) is 1.95. The van der Waals surface area contributed by atoms with Crippen LogP contribution in [0.4, 0.5) is 0 Å². The molecule has 0 aliphatic rings. The lowest BCUT2D eigenvalue weighted by Gasteiger charge is -2.13. The number of hydrogen-bond acceptors (Lipinski definition) is 3. The van der Waals surface area contributed by atoms with Gasteiger partial charge in [0.15, 0.2) is 5.65 Å². The molecule has 4 nitrogen and oxygen atoms in total. The molecule has 16 heavy (non-hydrogen) atoms. The van der Waals surface area contributed by atoms with Crippen LogP contribution in [-0.2, 0) is 6.42 Å². The van der Waals surface area contributed by atoms with Crippen molar-refractivity contribution in [3.05, 3.63) is 24.2 Å². The molecule has 0 amide bonds. The molecule has 0 saturated carbocycles. The average Bonchev–Trinajstić information content (AvgIpc) is 2.53. The first-order valence-electron chi connectivity index (χ1n) is 5.67. The van der Waals surface area contributed by atoms with Crippen LogP contribution in [0.25, 0.3) is 11.2 Å². The molecule has 0 spiro atoms. The zero-order chi connectivity index (χ0) is 11.7. The van der Waals surface area contributed by atoms with E-state index in [0.717, 1.165) is 23.4 Å². The van der Waals surface area contributed by atoms with Gasteiger partial charge in [0.25, 0.3) is 0 Å². The zero-order valence-corrected chi connectivity index (χ0v) is 10.0. The molecule has 0 aliphatic carbocycles. The molecule has 2 rings (SSSR count). The van der Waals surface area contributed by atoms with Crippen LogP contribution in [-0.4, -0.2) is 20.6 Å². The summed E-state index contributed by atoms with van der Waals surface area (Å²) in [6.45, 7) is 6.28. The SMILES string of the molecule is CC(N)Cc1nc2cccnc2n1C(C)C. The number of nitrogens with two attached hydrogens (primary N) is 1. The van der Waals surface area contributed by atoms with Crippen LogP contribution in [0.15, 0.2) is 18.3 Å². The first-order valence-corrected chi connectivity index (χ1v) is 5.67. The number of hydrogen-bond donors (Lipinski definition) is 1. The summed E-state index contributed by atoms with van der Waals surface area (Å²) >= 11 is 0. The van der Waals surface area contributed by atoms with E-state index in [9.17, 15) is 0 Å². The van der Waals surface area contributed by atoms with Crippen LogP contribution >= 0.6 is 0 Å². The smallest absolute Gasteiger partial charge is 0.160 e. The van der Waals surface area contributed by atoms with Crippen LogP contribution in [0.2, 0.25) is 0 Å². The van der Waals surface area contributed by atoms with Gasteiger partial charge >= 0.3 is 0 Å². The molecular formula is C12H18N4. The molecule has 0 aliphatic heterocycles. The maximum Gasteiger partial charge on any atom is 0.160 e. The maximum absolute atomic E-state index is 5.84. The Bertz CT molecular complexity index is 485. The Hall–Kier alpha value is -1.42. The van der Waals surface area contributed by atoms with E-state index in [1.807, 2.05) is 19.1 Å². The molecule has 0 fully saturated rings. The molecule has 1 atom stereocenters. The van der Waals surface area contributed by atoms with Gasteiger partial charge < -0.3 is 10.3 Å². The van der Waals surface area contributed by atoms with E-state index in [4.69, 9.17) is 5.73 Å². The number of nitrogens with zero attached hydrogens (tertiary/aromatic N) is 3. The fourth-order valence-corrected chi connectivity index (χ4v) is 1.95. The fraction of sp³-hybridized carbons (Fsp3) is 0.500. The summed E-state index contributed by atoms with van der Waals surface area (Å²) in [4.78, 5) is 8.98. The van der Waals surface area contributed by atoms with Crippen molar-refractivity contribution in [2.75, 3.05) is 0 Å². The molecule has 4 heteroatoms. The first-order chi connectivity index (χ1) is 7.59. The van der Waals surface area contributed by atoms with Gasteiger partial charge in [-0.3, -0.25) is 0 Å². The Kier molecular flexibility index (Phi) is 2.92. The standard InChI is InChI=1S/C12H18N4/c1-8(2)16-11(7-9(3)13)15-10-5-4-6-14-12(10)16/h4-6,8-9H,7,13H2,1-3H3. The minimum atomic E-state index is 0.120. The third kappa shape index (κ3) is 1.93. The van der Waals surface area contributed by atoms with Gasteiger partial charge in [0.2, 0.25) is 0 Å². The van der Waals surface area contributed by atoms with Crippen molar-refractivity contribution in [2.45, 2.75) is 39.3 Å². The van der Waals surface area contributed by atoms with Gasteiger partial charge in [-0.2, -0.15) is 0 Å². The quantitative estimate of drug-likeness (QED) is 0.856. The Balaban J connectivity index is 2.58. The zero-order valence-electron chi connectivity index (χ0n) is 10.0. The van der Waals surface area contributed by atoms with Crippen LogP contribution in [0.3, 0.4) is 0 Å². The van der Waals surface area contributed by atoms with Gasteiger partial charge in [0, 0.05) is 24.7 Å². The minimum Gasteiger partial charge on any atom is -0.328 e. The summed E-state index contributed by atoms with van der Waals surface area (Å²) in [5, 5.41) is 0. The lowest BCUT2D eigenvalue weighted by molar-refractivity contribution is 0.561. The number of imidazole rings is 1. The topological polar surface area (TPSA) is 56.7 Å². The summed E-state index contributed by atoms with van der Waals surface area (Å²) in [5.41, 5.74) is 7.74. The van der Waals surface area contributed by atoms with Gasteiger partial charge in [0.05, 0.1) is 0 Å². The summed E-state index contributed by atoms with van der Waals surface area (Å²) in [7, 11) is 0. The molecule has 2 N–H and O–H groups in total. The van der Waals surface area contributed by atoms with Crippen molar-refractivity contribution in [1.29, 1.82) is 0 Å². The van der Waals surface area contributed by atoms with Crippen LogP contribution < -0.4 is 5.73 Å². The summed E-state index contributed by atoms with van der Waals surface area (Å²) in [6.07, 6.45) is 2.59. The van der Waals surface area contributed by atoms with E-state index < -0.39 is 0 Å². The van der Waals surface area contributed by atoms with Crippen molar-refractivity contribution in [3.8, 4) is 0 Å². The predicted molar refractivity (Wildman–Crippen MR) is 65.3 cm³/mol. The molecule has 0 aromatic carbocycles. The molecule has 0 radical (unpaired) electrons. The van der Waals surface area contributed by atoms with Crippen molar-refractivity contribution in [2.24, 2.45) is 5.73 Å². The van der Waals surface area contributed by atoms with E-state index >= 15 is 0 Å². The summed E-state index contributed by atoms with van der Waals surface area (Å²) in [6, 6.07) is 4.38. The third-order valence-electron chi connectivity index (χ3n) is 2.54. The second-order valence-corrected chi connectivity index (χ2v) is 4.52. The molecule has 1 unspecified atom stereocenters. The summed E-state index contributed by atoms with van der Waals surface area (Å²) < 4.78 is 2.17. The molecular weight excluding hydrogens is 200 g/mol. The van der Waals surface area contributed by atoms with E-state index in [1.165, 1.54) is 0 Å². The molecule has 2 aromatic heterocycles. The van der Waals surface area contributed by atoms with Gasteiger partial charge in [-0.1, -0.05) is 0 Å². The van der Waals surface area contributed by atoms with Crippen LogP contribution in [0, 0.1) is 0 Å². The van der Waals surface area contributed by atoms with Gasteiger partial charge in [-0.25, -0.2) is 9.97 Å². The molecule has 0 saturated heterocycles. The highest BCUT2D eigenvalue weighted by Gasteiger charge is 2.14. The highest BCUT2D eigenvalue weighted by molar-refractivity contribution is 5.71. The van der Waals surface area contributed by atoms with Crippen molar-refractivity contribution in [3.63, 3.8) is 0 Å². The number of rotatable bonds is 3. The van der Waals surface area contributed by atoms with Crippen molar-refractivity contribution < 1.29 is 0 Å². The Morgan fingerprint density at radius 3 is 2.75 bits per heavy atom. The van der Waals surface area contributed by atoms with Gasteiger partial charge in [-0.05, 0) is 32.9 Å². The molecule has 2 aromatic rings. The van der Waals surface area contributed by atoms with Gasteiger partial charge in [0.1, 0.15) is 11.3 Å². The average molecular weight is 218 g/mol. The maximum atomic E-state index is 5.84. The number of aromatic nitrogens is 3. The highest BCUT2D eigenvalue weighted by atomic mass is 15.1. The number of pyridine rings is 1. The van der Waals surface area contributed by atoms with Gasteiger partial charge in [-0.15, -0.1) is 0 Å². The monoisotopic (exact) mass is 218 g/mol. The molecule has 0 bridgehead atoms. The second-order valence-electron chi connectivity index (χ2n) is 4.52. The highest BCUT2D eigenvalue weighted by Crippen LogP contribution is 2.19. The van der Waals surface area contributed by atoms with E-state index in [1.54, 1.807) is 6.20 Å². The lowest BCUT2D eigenvalue weighted by atomic mass is 10.2. The third-order valence-corrected chi connectivity index (χ3v) is 2.54. The summed E-state index contributed by atoms with van der Waals surface area (Å²) in [5.74, 6) is 1.03. The Labute approximate surface area is 95.5 Å². The Morgan fingerprint density at radius 2 is 2.12 bits per heavy atom. The van der Waals surface area contributed by atoms with Crippen molar-refractivity contribution in [1.82, 2.24) is 14.5 Å². The van der Waals surface area contributed by atoms with E-state index in [-0.39, 0.29) is 6.04 Å². The second kappa shape index (κ2) is 4.22. The predicted octanol–water partition coefficient (Wildman–Crippen LogP) is 1.90. The molecule has 86 valence electrons. The lowest BCUT2D eigenvalue weighted by Crippen LogP contribution is -2.21. The van der Waals surface area contributed by atoms with E-state index in [2.05, 4.69) is 28.4 Å². The Morgan fingerprint density at radius 1 is 1.38 bits per heavy atom. The molecule has 2 heterocycles. The largest absolute Gasteiger partial charge is 0.328 e. The minimum absolute atomic E-state index is 0.120. The normalized spacial score (nSPS) is 13.6. The first kappa shape index (κ1) is 11.1. The van der Waals surface area contributed by atoms with Crippen LogP contribution in [0.5, 0.6) is 0 Å². The van der Waals surface area contributed by atoms with Crippen molar-refractivity contribution >= 4 is 11.2 Å².